The van der Waals surface area contributed by atoms with Crippen LogP contribution in [-0.4, -0.2) is 25.6 Å². The van der Waals surface area contributed by atoms with Crippen molar-refractivity contribution in [3.8, 4) is 34.0 Å². The van der Waals surface area contributed by atoms with E-state index >= 15 is 0 Å². The van der Waals surface area contributed by atoms with Crippen molar-refractivity contribution >= 4 is 0 Å². The highest BCUT2D eigenvalue weighted by Crippen LogP contribution is 2.33. The molecule has 0 atom stereocenters. The van der Waals surface area contributed by atoms with E-state index in [2.05, 4.69) is 87.1 Å². The Balaban J connectivity index is 1.31. The largest absolute Gasteiger partial charge is 0.485 e. The molecule has 0 aliphatic carbocycles. The minimum atomic E-state index is 0.413. The van der Waals surface area contributed by atoms with Crippen molar-refractivity contribution in [2.24, 2.45) is 0 Å². The van der Waals surface area contributed by atoms with Crippen LogP contribution in [0, 0.1) is 20.8 Å². The second-order valence-electron chi connectivity index (χ2n) is 8.72. The van der Waals surface area contributed by atoms with Crippen LogP contribution in [0.4, 0.5) is 0 Å². The van der Waals surface area contributed by atoms with Gasteiger partial charge in [-0.1, -0.05) is 78.4 Å². The van der Waals surface area contributed by atoms with Crippen LogP contribution in [0.1, 0.15) is 28.1 Å². The second-order valence-corrected chi connectivity index (χ2v) is 8.72. The number of aromatic amines is 1. The van der Waals surface area contributed by atoms with Crippen LogP contribution in [-0.2, 0) is 13.2 Å². The lowest BCUT2D eigenvalue weighted by atomic mass is 9.98. The van der Waals surface area contributed by atoms with E-state index in [-0.39, 0.29) is 0 Å². The zero-order valence-electron chi connectivity index (χ0n) is 20.5. The van der Waals surface area contributed by atoms with E-state index in [4.69, 9.17) is 9.47 Å². The van der Waals surface area contributed by atoms with E-state index in [0.29, 0.717) is 30.5 Å². The number of nitrogens with one attached hydrogen (secondary N) is 1. The Bertz CT molecular complexity index is 1450. The van der Waals surface area contributed by atoms with Gasteiger partial charge in [-0.05, 0) is 48.2 Å². The van der Waals surface area contributed by atoms with Crippen molar-refractivity contribution in [3.63, 3.8) is 0 Å². The van der Waals surface area contributed by atoms with Crippen LogP contribution >= 0.6 is 0 Å². The van der Waals surface area contributed by atoms with Crippen LogP contribution in [0.2, 0.25) is 0 Å². The van der Waals surface area contributed by atoms with Gasteiger partial charge < -0.3 is 9.47 Å². The van der Waals surface area contributed by atoms with Gasteiger partial charge in [0.15, 0.2) is 11.5 Å². The summed E-state index contributed by atoms with van der Waals surface area (Å²) in [5.41, 5.74) is 8.10. The normalized spacial score (nSPS) is 10.9. The van der Waals surface area contributed by atoms with Crippen molar-refractivity contribution < 1.29 is 9.47 Å². The predicted octanol–water partition coefficient (Wildman–Crippen LogP) is 6.01. The van der Waals surface area contributed by atoms with E-state index in [9.17, 15) is 0 Å². The molecule has 0 amide bonds. The summed E-state index contributed by atoms with van der Waals surface area (Å²) in [6, 6.07) is 26.5. The van der Waals surface area contributed by atoms with Crippen LogP contribution in [0.5, 0.6) is 11.5 Å². The maximum Gasteiger partial charge on any atom is 0.205 e. The standard InChI is InChI=1S/C29H27N5O2/c1-19-8-10-22(11-9-19)18-36-28-21(3)30-20(2)16-27(28)35-17-23-12-14-24(15-13-23)25-6-4-5-7-26(25)29-31-33-34-32-29/h4-16H,17-18H2,1-3H3,(H,31,32,33,34). The van der Waals surface area contributed by atoms with Gasteiger partial charge in [-0.15, -0.1) is 10.2 Å². The summed E-state index contributed by atoms with van der Waals surface area (Å²) in [6.07, 6.45) is 0. The van der Waals surface area contributed by atoms with E-state index in [0.717, 1.165) is 39.2 Å². The molecule has 7 nitrogen and oxygen atoms in total. The quantitative estimate of drug-likeness (QED) is 0.294. The number of benzene rings is 3. The molecule has 0 bridgehead atoms. The van der Waals surface area contributed by atoms with Gasteiger partial charge in [-0.25, -0.2) is 0 Å². The number of hydrogen-bond donors (Lipinski definition) is 1. The van der Waals surface area contributed by atoms with Crippen molar-refractivity contribution in [2.75, 3.05) is 0 Å². The maximum atomic E-state index is 6.22. The topological polar surface area (TPSA) is 85.8 Å². The van der Waals surface area contributed by atoms with Crippen molar-refractivity contribution in [2.45, 2.75) is 34.0 Å². The summed E-state index contributed by atoms with van der Waals surface area (Å²) in [6.45, 7) is 6.84. The van der Waals surface area contributed by atoms with Crippen molar-refractivity contribution in [3.05, 3.63) is 107 Å². The number of nitrogens with zero attached hydrogens (tertiary/aromatic N) is 4. The van der Waals surface area contributed by atoms with Gasteiger partial charge >= 0.3 is 0 Å². The SMILES string of the molecule is Cc1ccc(COc2c(OCc3ccc(-c4ccccc4-c4nn[nH]n4)cc3)cc(C)nc2C)cc1. The van der Waals surface area contributed by atoms with Crippen LogP contribution in [0.3, 0.4) is 0 Å². The van der Waals surface area contributed by atoms with Crippen molar-refractivity contribution in [1.82, 2.24) is 25.6 Å². The molecular weight excluding hydrogens is 450 g/mol. The highest BCUT2D eigenvalue weighted by molar-refractivity contribution is 5.80. The van der Waals surface area contributed by atoms with Crippen LogP contribution in [0.15, 0.2) is 78.9 Å². The Morgan fingerprint density at radius 1 is 0.750 bits per heavy atom. The van der Waals surface area contributed by atoms with Gasteiger partial charge in [0.05, 0.1) is 5.69 Å². The summed E-state index contributed by atoms with van der Waals surface area (Å²) in [7, 11) is 0. The summed E-state index contributed by atoms with van der Waals surface area (Å²) < 4.78 is 12.4. The summed E-state index contributed by atoms with van der Waals surface area (Å²) in [4.78, 5) is 4.57. The third kappa shape index (κ3) is 5.25. The first kappa shape index (κ1) is 23.2. The molecule has 3 aromatic carbocycles. The molecule has 5 aromatic rings. The Hall–Kier alpha value is -4.52. The van der Waals surface area contributed by atoms with Crippen molar-refractivity contribution in [1.29, 1.82) is 0 Å². The highest BCUT2D eigenvalue weighted by Gasteiger charge is 2.13. The molecule has 0 radical (unpaired) electrons. The molecule has 0 aliphatic rings. The number of aryl methyl sites for hydroxylation is 3. The molecule has 0 saturated carbocycles. The van der Waals surface area contributed by atoms with Crippen LogP contribution < -0.4 is 9.47 Å². The zero-order valence-corrected chi connectivity index (χ0v) is 20.5. The fourth-order valence-electron chi connectivity index (χ4n) is 4.05. The molecule has 0 unspecified atom stereocenters. The smallest absolute Gasteiger partial charge is 0.205 e. The maximum absolute atomic E-state index is 6.22. The summed E-state index contributed by atoms with van der Waals surface area (Å²) >= 11 is 0. The number of pyridine rings is 1. The highest BCUT2D eigenvalue weighted by atomic mass is 16.5. The fourth-order valence-corrected chi connectivity index (χ4v) is 4.05. The monoisotopic (exact) mass is 477 g/mol. The van der Waals surface area contributed by atoms with E-state index < -0.39 is 0 Å². The molecule has 7 heteroatoms. The van der Waals surface area contributed by atoms with E-state index in [1.54, 1.807) is 0 Å². The zero-order chi connectivity index (χ0) is 24.9. The number of hydrogen-bond acceptors (Lipinski definition) is 6. The Kier molecular flexibility index (Phi) is 6.71. The number of ether oxygens (including phenoxy) is 2. The lowest BCUT2D eigenvalue weighted by Gasteiger charge is -2.16. The minimum absolute atomic E-state index is 0.413. The molecule has 1 N–H and O–H groups in total. The molecular formula is C29H27N5O2. The Morgan fingerprint density at radius 3 is 2.11 bits per heavy atom. The lowest BCUT2D eigenvalue weighted by molar-refractivity contribution is 0.253. The summed E-state index contributed by atoms with van der Waals surface area (Å²) in [5.74, 6) is 1.94. The van der Waals surface area contributed by atoms with Gasteiger partial charge in [-0.2, -0.15) is 5.21 Å². The van der Waals surface area contributed by atoms with Gasteiger partial charge in [0.25, 0.3) is 0 Å². The first-order valence-electron chi connectivity index (χ1n) is 11.8. The molecule has 0 spiro atoms. The third-order valence-electron chi connectivity index (χ3n) is 5.91. The van der Waals surface area contributed by atoms with Gasteiger partial charge in [-0.3, -0.25) is 4.98 Å². The number of rotatable bonds is 8. The predicted molar refractivity (Wildman–Crippen MR) is 139 cm³/mol. The van der Waals surface area contributed by atoms with Crippen LogP contribution in [0.25, 0.3) is 22.5 Å². The van der Waals surface area contributed by atoms with E-state index in [1.165, 1.54) is 5.56 Å². The van der Waals surface area contributed by atoms with Gasteiger partial charge in [0.2, 0.25) is 5.82 Å². The number of H-pyrrole nitrogens is 1. The number of aromatic nitrogens is 5. The average Bonchev–Trinajstić information content (AvgIpc) is 3.43. The molecule has 0 fully saturated rings. The number of tetrazole rings is 1. The van der Waals surface area contributed by atoms with E-state index in [1.807, 2.05) is 38.1 Å². The second kappa shape index (κ2) is 10.4. The molecule has 0 aliphatic heterocycles. The van der Waals surface area contributed by atoms with Gasteiger partial charge in [0.1, 0.15) is 13.2 Å². The molecule has 2 heterocycles. The first-order valence-corrected chi connectivity index (χ1v) is 11.8. The summed E-state index contributed by atoms with van der Waals surface area (Å²) in [5, 5.41) is 14.5. The fraction of sp³-hybridized carbons (Fsp3) is 0.172. The molecule has 0 saturated heterocycles. The lowest BCUT2D eigenvalue weighted by Crippen LogP contribution is -2.04. The minimum Gasteiger partial charge on any atom is -0.485 e. The molecule has 36 heavy (non-hydrogen) atoms. The molecule has 180 valence electrons. The molecule has 2 aromatic heterocycles. The third-order valence-corrected chi connectivity index (χ3v) is 5.91. The first-order chi connectivity index (χ1) is 17.6. The Labute approximate surface area is 210 Å². The Morgan fingerprint density at radius 2 is 1.42 bits per heavy atom. The average molecular weight is 478 g/mol. The molecule has 5 rings (SSSR count). The van der Waals surface area contributed by atoms with Gasteiger partial charge in [0, 0.05) is 17.3 Å².